The quantitative estimate of drug-likeness (QED) is 0.869. The van der Waals surface area contributed by atoms with Gasteiger partial charge in [-0.05, 0) is 7.05 Å². The number of likely N-dealkylation sites (N-methyl/N-ethyl adjacent to an activating group) is 1. The first-order valence-electron chi connectivity index (χ1n) is 7.63. The van der Waals surface area contributed by atoms with Crippen molar-refractivity contribution < 1.29 is 14.4 Å². The van der Waals surface area contributed by atoms with E-state index in [-0.39, 0.29) is 23.2 Å². The predicted molar refractivity (Wildman–Crippen MR) is 85.0 cm³/mol. The summed E-state index contributed by atoms with van der Waals surface area (Å²) in [4.78, 5) is 41.3. The summed E-state index contributed by atoms with van der Waals surface area (Å²) < 4.78 is 0. The van der Waals surface area contributed by atoms with Crippen LogP contribution < -0.4 is 5.32 Å². The molecule has 6 heteroatoms. The zero-order chi connectivity index (χ0) is 16.6. The number of piperazine rings is 1. The van der Waals surface area contributed by atoms with Crippen LogP contribution in [0.15, 0.2) is 35.7 Å². The number of nitrogens with zero attached hydrogens (tertiary/aromatic N) is 2. The first-order chi connectivity index (χ1) is 11.0. The first-order valence-corrected chi connectivity index (χ1v) is 7.63. The summed E-state index contributed by atoms with van der Waals surface area (Å²) in [5.74, 6) is -0.856. The van der Waals surface area contributed by atoms with Crippen molar-refractivity contribution in [1.29, 1.82) is 0 Å². The third-order valence-corrected chi connectivity index (χ3v) is 4.22. The number of nitrogens with one attached hydrogen (secondary N) is 1. The highest BCUT2D eigenvalue weighted by Gasteiger charge is 2.36. The van der Waals surface area contributed by atoms with E-state index in [0.717, 1.165) is 13.1 Å². The lowest BCUT2D eigenvalue weighted by Gasteiger charge is -2.37. The van der Waals surface area contributed by atoms with Gasteiger partial charge in [-0.2, -0.15) is 0 Å². The van der Waals surface area contributed by atoms with E-state index in [9.17, 15) is 14.4 Å². The molecule has 3 rings (SSSR count). The average Bonchev–Trinajstić information content (AvgIpc) is 2.54. The number of rotatable bonds is 2. The van der Waals surface area contributed by atoms with Gasteiger partial charge in [-0.15, -0.1) is 0 Å². The highest BCUT2D eigenvalue weighted by Crippen LogP contribution is 2.27. The Balaban J connectivity index is 2.08. The Hall–Kier alpha value is -2.47. The Kier molecular flexibility index (Phi) is 4.00. The molecule has 6 nitrogen and oxygen atoms in total. The fraction of sp³-hybridized carbons (Fsp3) is 0.353. The second kappa shape index (κ2) is 5.96. The van der Waals surface area contributed by atoms with Crippen LogP contribution >= 0.6 is 0 Å². The second-order valence-corrected chi connectivity index (χ2v) is 5.90. The maximum atomic E-state index is 12.9. The number of hydrogen-bond acceptors (Lipinski definition) is 5. The SMILES string of the molecule is CC(=O)NC1=C(N2CCN(C)CC2)C(=O)c2ccccc2C1=O. The van der Waals surface area contributed by atoms with Crippen LogP contribution in [0, 0.1) is 0 Å². The number of Topliss-reactive ketones (excluding diaryl/α,β-unsaturated/α-hetero) is 2. The Labute approximate surface area is 134 Å². The molecule has 1 N–H and O–H groups in total. The van der Waals surface area contributed by atoms with Crippen LogP contribution in [0.3, 0.4) is 0 Å². The van der Waals surface area contributed by atoms with Crippen LogP contribution in [0.2, 0.25) is 0 Å². The van der Waals surface area contributed by atoms with Crippen LogP contribution in [0.4, 0.5) is 0 Å². The monoisotopic (exact) mass is 313 g/mol. The van der Waals surface area contributed by atoms with E-state index < -0.39 is 0 Å². The minimum absolute atomic E-state index is 0.103. The maximum absolute atomic E-state index is 12.9. The van der Waals surface area contributed by atoms with Gasteiger partial charge in [-0.1, -0.05) is 24.3 Å². The van der Waals surface area contributed by atoms with Crippen molar-refractivity contribution in [2.45, 2.75) is 6.92 Å². The van der Waals surface area contributed by atoms with Crippen molar-refractivity contribution in [2.24, 2.45) is 0 Å². The molecule has 1 heterocycles. The topological polar surface area (TPSA) is 69.7 Å². The summed E-state index contributed by atoms with van der Waals surface area (Å²) >= 11 is 0. The minimum atomic E-state index is -0.354. The molecule has 1 fully saturated rings. The molecular formula is C17H19N3O3. The summed E-state index contributed by atoms with van der Waals surface area (Å²) in [5, 5.41) is 2.58. The molecule has 0 saturated carbocycles. The molecule has 0 radical (unpaired) electrons. The van der Waals surface area contributed by atoms with E-state index in [0.29, 0.717) is 29.9 Å². The van der Waals surface area contributed by atoms with Crippen LogP contribution in [0.1, 0.15) is 27.6 Å². The maximum Gasteiger partial charge on any atom is 0.221 e. The highest BCUT2D eigenvalue weighted by molar-refractivity contribution is 6.27. The number of hydrogen-bond donors (Lipinski definition) is 1. The number of carbonyl (C=O) groups excluding carboxylic acids is 3. The molecule has 1 amide bonds. The van der Waals surface area contributed by atoms with E-state index in [1.54, 1.807) is 24.3 Å². The highest BCUT2D eigenvalue weighted by atomic mass is 16.2. The second-order valence-electron chi connectivity index (χ2n) is 5.90. The van der Waals surface area contributed by atoms with E-state index >= 15 is 0 Å². The van der Waals surface area contributed by atoms with Crippen molar-refractivity contribution in [3.05, 3.63) is 46.8 Å². The summed E-state index contributed by atoms with van der Waals surface area (Å²) in [6.07, 6.45) is 0. The molecule has 0 spiro atoms. The number of allylic oxidation sites excluding steroid dienone is 2. The number of carbonyl (C=O) groups is 3. The minimum Gasteiger partial charge on any atom is -0.364 e. The molecule has 23 heavy (non-hydrogen) atoms. The number of ketones is 2. The standard InChI is InChI=1S/C17H19N3O3/c1-11(21)18-14-15(20-9-7-19(2)8-10-20)17(23)13-6-4-3-5-12(13)16(14)22/h3-6H,7-10H2,1-2H3,(H,18,21). The van der Waals surface area contributed by atoms with Gasteiger partial charge < -0.3 is 15.1 Å². The largest absolute Gasteiger partial charge is 0.364 e. The molecule has 1 aromatic carbocycles. The van der Waals surface area contributed by atoms with Gasteiger partial charge in [-0.3, -0.25) is 14.4 Å². The molecule has 0 unspecified atom stereocenters. The van der Waals surface area contributed by atoms with Crippen LogP contribution in [0.25, 0.3) is 0 Å². The lowest BCUT2D eigenvalue weighted by molar-refractivity contribution is -0.118. The average molecular weight is 313 g/mol. The lowest BCUT2D eigenvalue weighted by atomic mass is 9.89. The van der Waals surface area contributed by atoms with Gasteiger partial charge in [-0.25, -0.2) is 0 Å². The summed E-state index contributed by atoms with van der Waals surface area (Å²) in [7, 11) is 2.02. The molecule has 1 aliphatic carbocycles. The van der Waals surface area contributed by atoms with Crippen LogP contribution in [-0.4, -0.2) is 60.5 Å². The predicted octanol–water partition coefficient (Wildman–Crippen LogP) is 0.661. The zero-order valence-electron chi connectivity index (χ0n) is 13.3. The van der Waals surface area contributed by atoms with Gasteiger partial charge in [0.25, 0.3) is 0 Å². The number of amides is 1. The van der Waals surface area contributed by atoms with Crippen molar-refractivity contribution in [1.82, 2.24) is 15.1 Å². The van der Waals surface area contributed by atoms with E-state index in [1.807, 2.05) is 11.9 Å². The Morgan fingerprint density at radius 2 is 1.57 bits per heavy atom. The molecule has 120 valence electrons. The summed E-state index contributed by atoms with van der Waals surface area (Å²) in [5.41, 5.74) is 1.17. The Morgan fingerprint density at radius 1 is 1.00 bits per heavy atom. The van der Waals surface area contributed by atoms with Crippen molar-refractivity contribution in [2.75, 3.05) is 33.2 Å². The zero-order valence-corrected chi connectivity index (χ0v) is 13.3. The molecule has 1 aromatic rings. The molecule has 0 atom stereocenters. The third-order valence-electron chi connectivity index (χ3n) is 4.22. The normalized spacial score (nSPS) is 19.0. The van der Waals surface area contributed by atoms with Crippen molar-refractivity contribution >= 4 is 17.5 Å². The molecule has 0 aromatic heterocycles. The molecule has 0 bridgehead atoms. The van der Waals surface area contributed by atoms with Crippen LogP contribution in [-0.2, 0) is 4.79 Å². The van der Waals surface area contributed by atoms with Gasteiger partial charge in [0.05, 0.1) is 0 Å². The van der Waals surface area contributed by atoms with Gasteiger partial charge in [0.2, 0.25) is 17.5 Å². The lowest BCUT2D eigenvalue weighted by Crippen LogP contribution is -2.48. The smallest absolute Gasteiger partial charge is 0.221 e. The van der Waals surface area contributed by atoms with Gasteiger partial charge in [0, 0.05) is 44.2 Å². The number of fused-ring (bicyclic) bond motifs is 1. The van der Waals surface area contributed by atoms with E-state index in [1.165, 1.54) is 6.92 Å². The van der Waals surface area contributed by atoms with Gasteiger partial charge >= 0.3 is 0 Å². The van der Waals surface area contributed by atoms with Crippen LogP contribution in [0.5, 0.6) is 0 Å². The molecule has 1 saturated heterocycles. The van der Waals surface area contributed by atoms with E-state index in [4.69, 9.17) is 0 Å². The fourth-order valence-electron chi connectivity index (χ4n) is 2.99. The summed E-state index contributed by atoms with van der Waals surface area (Å²) in [6.45, 7) is 4.25. The van der Waals surface area contributed by atoms with Gasteiger partial charge in [0.1, 0.15) is 11.4 Å². The molecule has 1 aliphatic heterocycles. The Morgan fingerprint density at radius 3 is 2.13 bits per heavy atom. The fourth-order valence-corrected chi connectivity index (χ4v) is 2.99. The number of benzene rings is 1. The Bertz CT molecular complexity index is 716. The van der Waals surface area contributed by atoms with Crippen molar-refractivity contribution in [3.63, 3.8) is 0 Å². The van der Waals surface area contributed by atoms with E-state index in [2.05, 4.69) is 10.2 Å². The third kappa shape index (κ3) is 2.77. The van der Waals surface area contributed by atoms with Crippen molar-refractivity contribution in [3.8, 4) is 0 Å². The van der Waals surface area contributed by atoms with Gasteiger partial charge in [0.15, 0.2) is 0 Å². The summed E-state index contributed by atoms with van der Waals surface area (Å²) in [6, 6.07) is 6.75. The first kappa shape index (κ1) is 15.4. The molecule has 2 aliphatic rings. The molecular weight excluding hydrogens is 294 g/mol.